The Morgan fingerprint density at radius 3 is 0.976 bits per heavy atom. The Labute approximate surface area is 733 Å². The Morgan fingerprint density at radius 2 is 0.500 bits per heavy atom. The van der Waals surface area contributed by atoms with E-state index in [0.29, 0.717) is 5.95 Å². The van der Waals surface area contributed by atoms with Crippen LogP contribution in [0.2, 0.25) is 0 Å². The average molecular weight is 1660 g/mol. The van der Waals surface area contributed by atoms with Crippen molar-refractivity contribution in [3.05, 3.63) is 419 Å². The van der Waals surface area contributed by atoms with Crippen molar-refractivity contribution in [3.8, 4) is 62.4 Å². The van der Waals surface area contributed by atoms with E-state index in [9.17, 15) is 0 Å². The minimum Gasteiger partial charge on any atom is -0.292 e. The van der Waals surface area contributed by atoms with Crippen molar-refractivity contribution in [2.45, 2.75) is 0 Å². The van der Waals surface area contributed by atoms with Crippen LogP contribution in [0.4, 0.5) is 0 Å². The molecular weight excluding hydrogens is 1590 g/mol. The zero-order valence-corrected chi connectivity index (χ0v) is 70.1. The number of benzene rings is 19. The van der Waals surface area contributed by atoms with Crippen molar-refractivity contribution in [1.29, 1.82) is 0 Å². The fraction of sp³-hybridized carbons (Fsp3) is 0. The van der Waals surface area contributed by atoms with Gasteiger partial charge >= 0.3 is 0 Å². The van der Waals surface area contributed by atoms with Crippen molar-refractivity contribution in [2.75, 3.05) is 0 Å². The Bertz CT molecular complexity index is 9020. The molecule has 0 aliphatic carbocycles. The third-order valence-electron chi connectivity index (χ3n) is 25.5. The lowest BCUT2D eigenvalue weighted by Gasteiger charge is -2.13. The van der Waals surface area contributed by atoms with Gasteiger partial charge in [-0.1, -0.05) is 358 Å². The van der Waals surface area contributed by atoms with Crippen LogP contribution in [0.3, 0.4) is 0 Å². The summed E-state index contributed by atoms with van der Waals surface area (Å²) in [5.41, 5.74) is 17.9. The molecule has 7 nitrogen and oxygen atoms in total. The smallest absolute Gasteiger partial charge is 0.235 e. The maximum absolute atomic E-state index is 5.42. The monoisotopic (exact) mass is 1660 g/mol. The second kappa shape index (κ2) is 28.9. The van der Waals surface area contributed by atoms with E-state index in [-0.39, 0.29) is 0 Å². The Kier molecular flexibility index (Phi) is 16.5. The molecule has 0 bridgehead atoms. The molecular formula is C116H69N7S3. The topological polar surface area (TPSA) is 66.3 Å². The molecule has 0 N–H and O–H groups in total. The molecule has 0 radical (unpaired) electrons. The van der Waals surface area contributed by atoms with E-state index in [4.69, 9.17) is 19.9 Å². The van der Waals surface area contributed by atoms with Gasteiger partial charge in [0.25, 0.3) is 0 Å². The summed E-state index contributed by atoms with van der Waals surface area (Å²) in [4.78, 5) is 21.4. The van der Waals surface area contributed by atoms with Crippen LogP contribution in [0, 0.1) is 0 Å². The SMILES string of the molecule is c1ccc(-c2cc(-n3c4ccccc4c4c5ccccc5c5c6ccccc6sc5c43)nc3ccccc23)cc1.c1ccc(-c2ccc(-c3nc(-n4c5ccccc5c5c6ccccc6c6c7ccccc7sc6c54)nc4ccccc34)cc2)cc1.c1ccc(-c2nc(-n3c4ccccc4c4c5ccccc5c5c6ccccc6sc5c43)cc3ccccc23)cc1. The van der Waals surface area contributed by atoms with E-state index in [2.05, 4.69) is 432 Å². The van der Waals surface area contributed by atoms with Gasteiger partial charge in [0.15, 0.2) is 0 Å². The summed E-state index contributed by atoms with van der Waals surface area (Å²) in [5.74, 6) is 2.57. The second-order valence-electron chi connectivity index (χ2n) is 32.4. The maximum Gasteiger partial charge on any atom is 0.235 e. The van der Waals surface area contributed by atoms with Crippen molar-refractivity contribution < 1.29 is 0 Å². The van der Waals surface area contributed by atoms with E-state index in [0.717, 1.165) is 72.4 Å². The van der Waals surface area contributed by atoms with Gasteiger partial charge in [-0.15, -0.1) is 34.0 Å². The lowest BCUT2D eigenvalue weighted by Crippen LogP contribution is -2.03. The van der Waals surface area contributed by atoms with E-state index in [1.54, 1.807) is 0 Å². The molecule has 0 fully saturated rings. The maximum atomic E-state index is 5.42. The minimum absolute atomic E-state index is 0.682. The molecule has 0 amide bonds. The fourth-order valence-corrected chi connectivity index (χ4v) is 23.9. The predicted octanol–water partition coefficient (Wildman–Crippen LogP) is 32.6. The van der Waals surface area contributed by atoms with Gasteiger partial charge in [-0.2, -0.15) is 0 Å². The molecule has 0 saturated carbocycles. The molecule has 0 atom stereocenters. The van der Waals surface area contributed by atoms with Crippen molar-refractivity contribution in [1.82, 2.24) is 33.6 Å². The summed E-state index contributed by atoms with van der Waals surface area (Å²) >= 11 is 5.63. The Balaban J connectivity index is 0.000000101. The van der Waals surface area contributed by atoms with Crippen molar-refractivity contribution >= 4 is 225 Å². The van der Waals surface area contributed by atoms with Gasteiger partial charge in [0, 0.05) is 106 Å². The zero-order valence-electron chi connectivity index (χ0n) is 67.7. The zero-order chi connectivity index (χ0) is 82.6. The molecule has 0 saturated heterocycles. The van der Waals surface area contributed by atoms with E-state index in [1.807, 2.05) is 34.0 Å². The first kappa shape index (κ1) is 71.9. The van der Waals surface area contributed by atoms with Gasteiger partial charge in [0.05, 0.1) is 69.6 Å². The highest BCUT2D eigenvalue weighted by Gasteiger charge is 2.28. The van der Waals surface area contributed by atoms with E-state index in [1.165, 1.54) is 175 Å². The molecule has 0 spiro atoms. The Hall–Kier alpha value is -15.8. The normalized spacial score (nSPS) is 12.0. The quantitative estimate of drug-likeness (QED) is 0.159. The number of rotatable bonds is 7. The van der Waals surface area contributed by atoms with Gasteiger partial charge in [0.2, 0.25) is 5.95 Å². The summed E-state index contributed by atoms with van der Waals surface area (Å²) in [7, 11) is 0. The predicted molar refractivity (Wildman–Crippen MR) is 539 cm³/mol. The first-order valence-electron chi connectivity index (χ1n) is 42.7. The van der Waals surface area contributed by atoms with E-state index >= 15 is 0 Å². The number of fused-ring (bicyclic) bond motifs is 33. The third-order valence-corrected chi connectivity index (χ3v) is 29.1. The van der Waals surface area contributed by atoms with Crippen molar-refractivity contribution in [3.63, 3.8) is 0 Å². The minimum atomic E-state index is 0.682. The van der Waals surface area contributed by atoms with Crippen molar-refractivity contribution in [2.24, 2.45) is 0 Å². The van der Waals surface area contributed by atoms with Crippen LogP contribution >= 0.6 is 34.0 Å². The molecule has 9 heterocycles. The molecule has 19 aromatic carbocycles. The summed E-state index contributed by atoms with van der Waals surface area (Å²) in [5, 5.41) is 27.7. The number of pyridine rings is 2. The van der Waals surface area contributed by atoms with Gasteiger partial charge in [-0.25, -0.2) is 19.9 Å². The fourth-order valence-electron chi connectivity index (χ4n) is 20.1. The molecule has 10 heteroatoms. The largest absolute Gasteiger partial charge is 0.292 e. The van der Waals surface area contributed by atoms with Crippen LogP contribution in [0.15, 0.2) is 419 Å². The van der Waals surface area contributed by atoms with Gasteiger partial charge in [-0.05, 0) is 121 Å². The molecule has 126 heavy (non-hydrogen) atoms. The van der Waals surface area contributed by atoms with Gasteiger partial charge < -0.3 is 0 Å². The van der Waals surface area contributed by atoms with Crippen LogP contribution in [0.1, 0.15) is 0 Å². The molecule has 586 valence electrons. The number of hydrogen-bond donors (Lipinski definition) is 0. The first-order chi connectivity index (χ1) is 62.6. The summed E-state index contributed by atoms with van der Waals surface area (Å²) in [6, 6.07) is 150. The molecule has 0 unspecified atom stereocenters. The van der Waals surface area contributed by atoms with Crippen LogP contribution in [-0.2, 0) is 0 Å². The number of nitrogens with zero attached hydrogens (tertiary/aromatic N) is 7. The summed E-state index contributed by atoms with van der Waals surface area (Å²) < 4.78 is 14.9. The lowest BCUT2D eigenvalue weighted by atomic mass is 9.99. The first-order valence-corrected chi connectivity index (χ1v) is 45.1. The highest BCUT2D eigenvalue weighted by atomic mass is 32.1. The summed E-state index contributed by atoms with van der Waals surface area (Å²) in [6.07, 6.45) is 0. The molecule has 28 rings (SSSR count). The standard InChI is InChI=1S/C42H25N3S.2C37H22N2S/c1-2-12-26(13-3-1)27-22-24-28(25-23-27)39-31-16-6-9-19-34(31)43-42(44-39)45-35-20-10-7-17-32(35)37-29-14-4-5-15-30(29)38-33-18-8-11-21-36(33)46-41(38)40(37)45;1-2-12-23(13-3-1)29-22-33(38-30-19-9-6-14-24(29)30)39-31-20-10-7-17-27(31)34-25-15-4-5-16-26(25)35-28-18-8-11-21-32(28)40-37(35)36(34)39;1-2-12-23(13-3-1)35-25-15-5-4-14-24(25)22-32(38-35)39-30-20-10-8-18-28(30)33-26-16-6-7-17-27(26)34-29-19-9-11-21-31(29)40-37(34)36(33)39/h1-25H;2*1-22H. The van der Waals surface area contributed by atoms with Crippen LogP contribution < -0.4 is 0 Å². The second-order valence-corrected chi connectivity index (χ2v) is 35.6. The highest BCUT2D eigenvalue weighted by molar-refractivity contribution is 7.28. The third kappa shape index (κ3) is 11.1. The number of aromatic nitrogens is 7. The number of hydrogen-bond acceptors (Lipinski definition) is 7. The molecule has 0 aliphatic heterocycles. The van der Waals surface area contributed by atoms with E-state index < -0.39 is 0 Å². The number of thiophene rings is 3. The summed E-state index contributed by atoms with van der Waals surface area (Å²) in [6.45, 7) is 0. The van der Waals surface area contributed by atoms with Gasteiger partial charge in [0.1, 0.15) is 11.6 Å². The molecule has 9 aromatic heterocycles. The number of para-hydroxylation sites is 5. The molecule has 28 aromatic rings. The highest BCUT2D eigenvalue weighted by Crippen LogP contribution is 2.53. The lowest BCUT2D eigenvalue weighted by molar-refractivity contribution is 1.02. The van der Waals surface area contributed by atoms with Crippen LogP contribution in [-0.4, -0.2) is 33.6 Å². The van der Waals surface area contributed by atoms with Gasteiger partial charge in [-0.3, -0.25) is 13.7 Å². The Morgan fingerprint density at radius 1 is 0.190 bits per heavy atom. The average Bonchev–Trinajstić information content (AvgIpc) is 1.55. The molecule has 0 aliphatic rings. The van der Waals surface area contributed by atoms with Crippen LogP contribution in [0.5, 0.6) is 0 Å². The van der Waals surface area contributed by atoms with Crippen LogP contribution in [0.25, 0.3) is 253 Å².